The van der Waals surface area contributed by atoms with Crippen molar-refractivity contribution >= 4 is 17.5 Å². The van der Waals surface area contributed by atoms with Gasteiger partial charge in [-0.05, 0) is 73.9 Å². The molecule has 3 saturated heterocycles. The summed E-state index contributed by atoms with van der Waals surface area (Å²) in [6, 6.07) is 13.3. The lowest BCUT2D eigenvalue weighted by atomic mass is 9.95. The molecule has 1 aromatic carbocycles. The van der Waals surface area contributed by atoms with E-state index >= 15 is 0 Å². The Labute approximate surface area is 247 Å². The maximum absolute atomic E-state index is 13.6. The zero-order chi connectivity index (χ0) is 29.0. The van der Waals surface area contributed by atoms with Gasteiger partial charge < -0.3 is 19.7 Å². The van der Waals surface area contributed by atoms with Crippen LogP contribution in [0.3, 0.4) is 0 Å². The third kappa shape index (κ3) is 9.15. The highest BCUT2D eigenvalue weighted by Gasteiger charge is 2.27. The molecule has 1 aromatic heterocycles. The minimum atomic E-state index is -0.0181. The maximum Gasteiger partial charge on any atom is 0.322 e. The topological polar surface area (TPSA) is 70.2 Å². The Morgan fingerprint density at radius 1 is 0.927 bits per heavy atom. The lowest BCUT2D eigenvalue weighted by Gasteiger charge is -2.36. The maximum atomic E-state index is 13.6. The van der Waals surface area contributed by atoms with Crippen molar-refractivity contribution < 1.29 is 14.3 Å². The van der Waals surface area contributed by atoms with E-state index < -0.39 is 0 Å². The molecule has 4 heterocycles. The minimum absolute atomic E-state index is 0.0181. The van der Waals surface area contributed by atoms with Crippen LogP contribution in [0.4, 0.5) is 16.3 Å². The van der Waals surface area contributed by atoms with Crippen LogP contribution >= 0.6 is 0 Å². The molecule has 41 heavy (non-hydrogen) atoms. The molecule has 3 aliphatic rings. The number of carbonyl (C=O) groups is 1. The number of nitrogens with zero attached hydrogens (tertiary/aromatic N) is 4. The van der Waals surface area contributed by atoms with Crippen molar-refractivity contribution in [3.05, 3.63) is 53.7 Å². The normalized spacial score (nSPS) is 19.0. The van der Waals surface area contributed by atoms with E-state index in [-0.39, 0.29) is 12.1 Å². The van der Waals surface area contributed by atoms with Gasteiger partial charge in [0.05, 0.1) is 25.1 Å². The molecule has 2 aromatic rings. The Bertz CT molecular complexity index is 1030. The number of benzene rings is 1. The largest absolute Gasteiger partial charge is 0.381 e. The Morgan fingerprint density at radius 3 is 2.20 bits per heavy atom. The molecule has 226 valence electrons. The minimum Gasteiger partial charge on any atom is -0.381 e. The van der Waals surface area contributed by atoms with Crippen LogP contribution in [0.1, 0.15) is 70.4 Å². The molecule has 0 aliphatic carbocycles. The van der Waals surface area contributed by atoms with E-state index in [1.54, 1.807) is 0 Å². The van der Waals surface area contributed by atoms with Crippen molar-refractivity contribution in [2.24, 2.45) is 5.92 Å². The van der Waals surface area contributed by atoms with Crippen LogP contribution in [0.25, 0.3) is 0 Å². The quantitative estimate of drug-likeness (QED) is 0.445. The summed E-state index contributed by atoms with van der Waals surface area (Å²) in [6.45, 7) is 16.9. The highest BCUT2D eigenvalue weighted by Crippen LogP contribution is 2.25. The third-order valence-electron chi connectivity index (χ3n) is 8.37. The number of aromatic nitrogens is 1. The summed E-state index contributed by atoms with van der Waals surface area (Å²) in [5.41, 5.74) is 3.63. The number of morpholine rings is 1. The summed E-state index contributed by atoms with van der Waals surface area (Å²) in [7, 11) is 0. The fraction of sp³-hybridized carbons (Fsp3) is 0.636. The number of pyridine rings is 1. The molecule has 0 spiro atoms. The predicted octanol–water partition coefficient (Wildman–Crippen LogP) is 5.68. The molecule has 0 saturated carbocycles. The van der Waals surface area contributed by atoms with Crippen molar-refractivity contribution in [3.63, 3.8) is 0 Å². The molecular formula is C33H51N5O3. The molecule has 3 fully saturated rings. The van der Waals surface area contributed by atoms with Gasteiger partial charge in [0, 0.05) is 45.4 Å². The Morgan fingerprint density at radius 2 is 1.59 bits per heavy atom. The second kappa shape index (κ2) is 16.1. The molecule has 1 N–H and O–H groups in total. The standard InChI is InChI=1S/C31H45N5O3.C2H6/c1-24(2)27-5-3-25(4-6-27)22-34-13-9-26(10-14-34)23-36(31(37)33-28-11-17-38-18-12-28)29-7-8-30(32-21-29)35-15-19-39-20-16-35;1-2/h3-8,21,24,26,28H,9-20,22-23H2,1-2H3,(H,33,37);1-2H3. The SMILES string of the molecule is CC.CC(C)c1ccc(CN2CCC(CN(C(=O)NC3CCOCC3)c3ccc(N4CCOCC4)nc3)CC2)cc1. The second-order valence-electron chi connectivity index (χ2n) is 11.5. The van der Waals surface area contributed by atoms with Gasteiger partial charge in [0.1, 0.15) is 5.82 Å². The highest BCUT2D eigenvalue weighted by atomic mass is 16.5. The molecule has 0 atom stereocenters. The Kier molecular flexibility index (Phi) is 12.3. The van der Waals surface area contributed by atoms with Crippen molar-refractivity contribution in [2.45, 2.75) is 71.9 Å². The number of urea groups is 1. The summed E-state index contributed by atoms with van der Waals surface area (Å²) in [4.78, 5) is 25.0. The van der Waals surface area contributed by atoms with Crippen LogP contribution in [-0.4, -0.2) is 81.1 Å². The zero-order valence-electron chi connectivity index (χ0n) is 25.7. The zero-order valence-corrected chi connectivity index (χ0v) is 25.7. The summed E-state index contributed by atoms with van der Waals surface area (Å²) in [6.07, 6.45) is 5.77. The van der Waals surface area contributed by atoms with E-state index in [0.717, 1.165) is 83.1 Å². The van der Waals surface area contributed by atoms with Gasteiger partial charge >= 0.3 is 6.03 Å². The fourth-order valence-corrected chi connectivity index (χ4v) is 5.77. The number of hydrogen-bond donors (Lipinski definition) is 1. The van der Waals surface area contributed by atoms with Crippen molar-refractivity contribution in [1.29, 1.82) is 0 Å². The van der Waals surface area contributed by atoms with E-state index in [9.17, 15) is 4.79 Å². The lowest BCUT2D eigenvalue weighted by Crippen LogP contribution is -2.49. The first-order valence-corrected chi connectivity index (χ1v) is 15.8. The molecule has 3 aliphatic heterocycles. The summed E-state index contributed by atoms with van der Waals surface area (Å²) in [5, 5.41) is 3.28. The summed E-state index contributed by atoms with van der Waals surface area (Å²) >= 11 is 0. The number of piperidine rings is 1. The van der Waals surface area contributed by atoms with Gasteiger partial charge in [0.15, 0.2) is 0 Å². The van der Waals surface area contributed by atoms with Crippen LogP contribution in [0, 0.1) is 5.92 Å². The fourth-order valence-electron chi connectivity index (χ4n) is 5.77. The third-order valence-corrected chi connectivity index (χ3v) is 8.37. The van der Waals surface area contributed by atoms with Gasteiger partial charge in [-0.25, -0.2) is 9.78 Å². The van der Waals surface area contributed by atoms with E-state index in [1.807, 2.05) is 31.0 Å². The van der Waals surface area contributed by atoms with Gasteiger partial charge in [-0.3, -0.25) is 9.80 Å². The molecule has 2 amide bonds. The number of ether oxygens (including phenoxy) is 2. The highest BCUT2D eigenvalue weighted by molar-refractivity contribution is 5.92. The molecule has 8 heteroatoms. The van der Waals surface area contributed by atoms with Gasteiger partial charge in [-0.15, -0.1) is 0 Å². The van der Waals surface area contributed by atoms with Crippen LogP contribution in [-0.2, 0) is 16.0 Å². The summed E-state index contributed by atoms with van der Waals surface area (Å²) < 4.78 is 11.0. The van der Waals surface area contributed by atoms with Gasteiger partial charge in [0.2, 0.25) is 0 Å². The van der Waals surface area contributed by atoms with E-state index in [0.29, 0.717) is 31.6 Å². The number of likely N-dealkylation sites (tertiary alicyclic amines) is 1. The molecule has 0 radical (unpaired) electrons. The molecule has 5 rings (SSSR count). The molecular weight excluding hydrogens is 514 g/mol. The first-order valence-electron chi connectivity index (χ1n) is 15.8. The van der Waals surface area contributed by atoms with Crippen LogP contribution in [0.5, 0.6) is 0 Å². The average molecular weight is 566 g/mol. The number of rotatable bonds is 8. The van der Waals surface area contributed by atoms with Crippen LogP contribution in [0.2, 0.25) is 0 Å². The van der Waals surface area contributed by atoms with Crippen molar-refractivity contribution in [3.8, 4) is 0 Å². The molecule has 0 unspecified atom stereocenters. The van der Waals surface area contributed by atoms with E-state index in [4.69, 9.17) is 14.5 Å². The second-order valence-corrected chi connectivity index (χ2v) is 11.5. The number of anilines is 2. The predicted molar refractivity (Wildman–Crippen MR) is 167 cm³/mol. The first-order chi connectivity index (χ1) is 20.0. The van der Waals surface area contributed by atoms with E-state index in [1.165, 1.54) is 11.1 Å². The number of hydrogen-bond acceptors (Lipinski definition) is 6. The number of carbonyl (C=O) groups excluding carboxylic acids is 1. The van der Waals surface area contributed by atoms with Gasteiger partial charge in [0.25, 0.3) is 0 Å². The summed E-state index contributed by atoms with van der Waals surface area (Å²) in [5.74, 6) is 1.97. The smallest absolute Gasteiger partial charge is 0.322 e. The Hall–Kier alpha value is -2.68. The number of nitrogens with one attached hydrogen (secondary N) is 1. The lowest BCUT2D eigenvalue weighted by molar-refractivity contribution is 0.0803. The first kappa shape index (κ1) is 31.3. The average Bonchev–Trinajstić information content (AvgIpc) is 3.03. The monoisotopic (exact) mass is 565 g/mol. The van der Waals surface area contributed by atoms with E-state index in [2.05, 4.69) is 59.3 Å². The van der Waals surface area contributed by atoms with Gasteiger partial charge in [-0.1, -0.05) is 52.0 Å². The van der Waals surface area contributed by atoms with Crippen molar-refractivity contribution in [2.75, 3.05) is 69.0 Å². The van der Waals surface area contributed by atoms with Gasteiger partial charge in [-0.2, -0.15) is 0 Å². The Balaban J connectivity index is 0.00000189. The molecule has 8 nitrogen and oxygen atoms in total. The number of amides is 2. The van der Waals surface area contributed by atoms with Crippen LogP contribution in [0.15, 0.2) is 42.6 Å². The van der Waals surface area contributed by atoms with Crippen LogP contribution < -0.4 is 15.1 Å². The molecule has 0 bridgehead atoms. The van der Waals surface area contributed by atoms with Crippen molar-refractivity contribution in [1.82, 2.24) is 15.2 Å².